The van der Waals surface area contributed by atoms with Crippen LogP contribution in [0.3, 0.4) is 0 Å². The van der Waals surface area contributed by atoms with E-state index in [1.54, 1.807) is 11.9 Å². The van der Waals surface area contributed by atoms with Gasteiger partial charge in [0.1, 0.15) is 6.04 Å². The van der Waals surface area contributed by atoms with Crippen LogP contribution in [0.1, 0.15) is 12.8 Å². The van der Waals surface area contributed by atoms with Gasteiger partial charge in [-0.3, -0.25) is 14.9 Å². The van der Waals surface area contributed by atoms with Gasteiger partial charge in [-0.1, -0.05) is 0 Å². The summed E-state index contributed by atoms with van der Waals surface area (Å²) in [6, 6.07) is -0.607. The van der Waals surface area contributed by atoms with E-state index in [1.165, 1.54) is 4.90 Å². The van der Waals surface area contributed by atoms with Crippen LogP contribution in [0.25, 0.3) is 0 Å². The summed E-state index contributed by atoms with van der Waals surface area (Å²) < 4.78 is 0. The van der Waals surface area contributed by atoms with Crippen molar-refractivity contribution in [2.24, 2.45) is 0 Å². The Kier molecular flexibility index (Phi) is 2.34. The van der Waals surface area contributed by atoms with Crippen LogP contribution in [0, 0.1) is 0 Å². The van der Waals surface area contributed by atoms with Crippen LogP contribution >= 0.6 is 0 Å². The maximum atomic E-state index is 11.6. The van der Waals surface area contributed by atoms with Gasteiger partial charge in [0.2, 0.25) is 11.8 Å². The Morgan fingerprint density at radius 1 is 1.27 bits per heavy atom. The number of amides is 4. The highest BCUT2D eigenvalue weighted by Crippen LogP contribution is 2.17. The topological polar surface area (TPSA) is 69.7 Å². The van der Waals surface area contributed by atoms with Crippen molar-refractivity contribution in [3.05, 3.63) is 0 Å². The Labute approximate surface area is 87.2 Å². The van der Waals surface area contributed by atoms with Gasteiger partial charge in [-0.2, -0.15) is 0 Å². The maximum absolute atomic E-state index is 11.6. The Morgan fingerprint density at radius 2 is 2.00 bits per heavy atom. The monoisotopic (exact) mass is 211 g/mol. The van der Waals surface area contributed by atoms with Crippen molar-refractivity contribution >= 4 is 17.8 Å². The van der Waals surface area contributed by atoms with E-state index in [2.05, 4.69) is 5.32 Å². The number of rotatable bonds is 1. The molecule has 0 spiro atoms. The maximum Gasteiger partial charge on any atom is 0.320 e. The van der Waals surface area contributed by atoms with Crippen LogP contribution in [0.5, 0.6) is 0 Å². The van der Waals surface area contributed by atoms with Crippen molar-refractivity contribution in [2.45, 2.75) is 18.9 Å². The molecular formula is C9H13N3O3. The van der Waals surface area contributed by atoms with E-state index in [-0.39, 0.29) is 17.8 Å². The van der Waals surface area contributed by atoms with Crippen molar-refractivity contribution in [1.29, 1.82) is 0 Å². The van der Waals surface area contributed by atoms with E-state index >= 15 is 0 Å². The van der Waals surface area contributed by atoms with E-state index in [4.69, 9.17) is 0 Å². The average Bonchev–Trinajstić information content (AvgIpc) is 2.49. The lowest BCUT2D eigenvalue weighted by atomic mass is 10.1. The predicted molar refractivity (Wildman–Crippen MR) is 50.9 cm³/mol. The molecule has 15 heavy (non-hydrogen) atoms. The zero-order chi connectivity index (χ0) is 11.0. The second-order valence-corrected chi connectivity index (χ2v) is 3.86. The number of nitrogens with zero attached hydrogens (tertiary/aromatic N) is 2. The van der Waals surface area contributed by atoms with E-state index in [9.17, 15) is 14.4 Å². The molecule has 0 aromatic carbocycles. The number of hydrogen-bond acceptors (Lipinski definition) is 3. The molecule has 0 aliphatic carbocycles. The van der Waals surface area contributed by atoms with Crippen molar-refractivity contribution in [1.82, 2.24) is 15.1 Å². The lowest BCUT2D eigenvalue weighted by Crippen LogP contribution is -2.53. The van der Waals surface area contributed by atoms with Crippen molar-refractivity contribution < 1.29 is 14.4 Å². The van der Waals surface area contributed by atoms with Gasteiger partial charge in [0.25, 0.3) is 0 Å². The Bertz CT molecular complexity index is 329. The molecule has 6 heteroatoms. The molecule has 2 fully saturated rings. The van der Waals surface area contributed by atoms with Crippen LogP contribution in [-0.2, 0) is 9.59 Å². The van der Waals surface area contributed by atoms with Crippen molar-refractivity contribution in [3.8, 4) is 0 Å². The molecule has 4 amide bonds. The highest BCUT2D eigenvalue weighted by Gasteiger charge is 2.38. The highest BCUT2D eigenvalue weighted by atomic mass is 16.2. The second-order valence-electron chi connectivity index (χ2n) is 3.86. The molecule has 1 N–H and O–H groups in total. The van der Waals surface area contributed by atoms with Crippen LogP contribution in [0.2, 0.25) is 0 Å². The minimum Gasteiger partial charge on any atom is -0.326 e. The fourth-order valence-electron chi connectivity index (χ4n) is 1.94. The molecule has 2 heterocycles. The molecule has 2 aliphatic heterocycles. The number of likely N-dealkylation sites (N-methyl/N-ethyl adjacent to an activating group) is 1. The molecule has 0 aromatic rings. The minimum atomic E-state index is -0.472. The van der Waals surface area contributed by atoms with Gasteiger partial charge in [-0.05, 0) is 6.42 Å². The van der Waals surface area contributed by atoms with Crippen molar-refractivity contribution in [3.63, 3.8) is 0 Å². The number of nitrogens with one attached hydrogen (secondary N) is 1. The Balaban J connectivity index is 2.08. The third kappa shape index (κ3) is 1.67. The molecule has 1 unspecified atom stereocenters. The predicted octanol–water partition coefficient (Wildman–Crippen LogP) is -0.841. The number of carbonyl (C=O) groups excluding carboxylic acids is 3. The molecular weight excluding hydrogens is 198 g/mol. The summed E-state index contributed by atoms with van der Waals surface area (Å²) in [4.78, 5) is 37.2. The lowest BCUT2D eigenvalue weighted by Gasteiger charge is -2.28. The largest absolute Gasteiger partial charge is 0.326 e. The summed E-state index contributed by atoms with van der Waals surface area (Å²) >= 11 is 0. The molecule has 2 saturated heterocycles. The number of urea groups is 1. The number of piperidine rings is 1. The van der Waals surface area contributed by atoms with Crippen LogP contribution in [0.15, 0.2) is 0 Å². The molecule has 82 valence electrons. The zero-order valence-corrected chi connectivity index (χ0v) is 8.52. The van der Waals surface area contributed by atoms with Gasteiger partial charge in [0.05, 0.1) is 0 Å². The highest BCUT2D eigenvalue weighted by molar-refractivity contribution is 6.01. The minimum absolute atomic E-state index is 0.135. The molecule has 0 saturated carbocycles. The SMILES string of the molecule is CN1CCN(C2CCC(=O)NC2=O)C1=O. The van der Waals surface area contributed by atoms with Gasteiger partial charge in [0, 0.05) is 26.6 Å². The molecule has 0 aromatic heterocycles. The van der Waals surface area contributed by atoms with Gasteiger partial charge >= 0.3 is 6.03 Å². The normalized spacial score (nSPS) is 27.3. The zero-order valence-electron chi connectivity index (χ0n) is 8.52. The molecule has 6 nitrogen and oxygen atoms in total. The molecule has 2 rings (SSSR count). The van der Waals surface area contributed by atoms with Crippen LogP contribution < -0.4 is 5.32 Å². The summed E-state index contributed by atoms with van der Waals surface area (Å²) in [5, 5.41) is 2.25. The van der Waals surface area contributed by atoms with Crippen molar-refractivity contribution in [2.75, 3.05) is 20.1 Å². The Morgan fingerprint density at radius 3 is 2.53 bits per heavy atom. The molecule has 0 bridgehead atoms. The van der Waals surface area contributed by atoms with E-state index in [1.807, 2.05) is 0 Å². The summed E-state index contributed by atoms with van der Waals surface area (Å²) in [6.07, 6.45) is 0.744. The fraction of sp³-hybridized carbons (Fsp3) is 0.667. The lowest BCUT2D eigenvalue weighted by molar-refractivity contribution is -0.136. The fourth-order valence-corrected chi connectivity index (χ4v) is 1.94. The first kappa shape index (κ1) is 9.95. The molecule has 1 atom stereocenters. The van der Waals surface area contributed by atoms with E-state index in [0.717, 1.165) is 0 Å². The number of carbonyl (C=O) groups is 3. The quantitative estimate of drug-likeness (QED) is 0.575. The summed E-state index contributed by atoms with van der Waals surface area (Å²) in [5.41, 5.74) is 0. The average molecular weight is 211 g/mol. The summed E-state index contributed by atoms with van der Waals surface area (Å²) in [7, 11) is 1.70. The first-order chi connectivity index (χ1) is 7.09. The smallest absolute Gasteiger partial charge is 0.320 e. The van der Waals surface area contributed by atoms with Gasteiger partial charge in [-0.25, -0.2) is 4.79 Å². The second kappa shape index (κ2) is 3.52. The first-order valence-corrected chi connectivity index (χ1v) is 4.95. The molecule has 2 aliphatic rings. The standard InChI is InChI=1S/C9H13N3O3/c1-11-4-5-12(9(11)15)6-2-3-7(13)10-8(6)14/h6H,2-5H2,1H3,(H,10,13,14). The third-order valence-electron chi connectivity index (χ3n) is 2.83. The number of hydrogen-bond donors (Lipinski definition) is 1. The van der Waals surface area contributed by atoms with E-state index in [0.29, 0.717) is 25.9 Å². The van der Waals surface area contributed by atoms with E-state index < -0.39 is 6.04 Å². The van der Waals surface area contributed by atoms with Crippen LogP contribution in [-0.4, -0.2) is 53.8 Å². The third-order valence-corrected chi connectivity index (χ3v) is 2.83. The Hall–Kier alpha value is -1.59. The summed E-state index contributed by atoms with van der Waals surface area (Å²) in [6.45, 7) is 1.19. The van der Waals surface area contributed by atoms with Gasteiger partial charge in [0.15, 0.2) is 0 Å². The molecule has 0 radical (unpaired) electrons. The first-order valence-electron chi connectivity index (χ1n) is 4.95. The van der Waals surface area contributed by atoms with Crippen LogP contribution in [0.4, 0.5) is 4.79 Å². The van der Waals surface area contributed by atoms with Gasteiger partial charge in [-0.15, -0.1) is 0 Å². The number of imide groups is 1. The summed E-state index contributed by atoms with van der Waals surface area (Å²) in [5.74, 6) is -0.605. The van der Waals surface area contributed by atoms with Gasteiger partial charge < -0.3 is 9.80 Å².